The van der Waals surface area contributed by atoms with Gasteiger partial charge in [-0.15, -0.1) is 0 Å². The lowest BCUT2D eigenvalue weighted by Crippen LogP contribution is -2.30. The van der Waals surface area contributed by atoms with E-state index in [0.717, 1.165) is 34.9 Å². The van der Waals surface area contributed by atoms with Gasteiger partial charge in [0, 0.05) is 17.0 Å². The van der Waals surface area contributed by atoms with Gasteiger partial charge in [-0.25, -0.2) is 0 Å². The average molecular weight is 287 g/mol. The molecule has 0 atom stereocenters. The largest absolute Gasteiger partial charge is 0.464 e. The summed E-state index contributed by atoms with van der Waals surface area (Å²) in [5, 5.41) is 3.67. The number of hydrogen-bond acceptors (Lipinski definition) is 4. The van der Waals surface area contributed by atoms with Crippen molar-refractivity contribution in [3.05, 3.63) is 35.6 Å². The lowest BCUT2D eigenvalue weighted by Gasteiger charge is -2.05. The zero-order valence-electron chi connectivity index (χ0n) is 11.8. The molecular formula is C16H17NO4. The first kappa shape index (κ1) is 13.7. The molecule has 3 rings (SSSR count). The molecule has 1 aromatic carbocycles. The first-order valence-corrected chi connectivity index (χ1v) is 7.03. The minimum atomic E-state index is -0.427. The Bertz CT molecular complexity index is 685. The highest BCUT2D eigenvalue weighted by molar-refractivity contribution is 5.87. The molecule has 1 aliphatic rings. The van der Waals surface area contributed by atoms with E-state index in [1.54, 1.807) is 6.26 Å². The third kappa shape index (κ3) is 3.42. The summed E-state index contributed by atoms with van der Waals surface area (Å²) in [6, 6.07) is 6.09. The molecule has 0 bridgehead atoms. The Hall–Kier alpha value is -2.30. The summed E-state index contributed by atoms with van der Waals surface area (Å²) in [5.74, 6) is -0.664. The molecular weight excluding hydrogens is 270 g/mol. The second-order valence-corrected chi connectivity index (χ2v) is 5.44. The molecule has 0 saturated heterocycles. The van der Waals surface area contributed by atoms with Gasteiger partial charge in [-0.2, -0.15) is 0 Å². The maximum atomic E-state index is 11.8. The molecule has 0 radical (unpaired) electrons. The third-order valence-electron chi connectivity index (χ3n) is 3.45. The van der Waals surface area contributed by atoms with Gasteiger partial charge >= 0.3 is 5.97 Å². The Morgan fingerprint density at radius 3 is 2.95 bits per heavy atom. The summed E-state index contributed by atoms with van der Waals surface area (Å²) < 4.78 is 10.4. The van der Waals surface area contributed by atoms with Crippen molar-refractivity contribution in [2.75, 3.05) is 6.61 Å². The molecule has 1 N–H and O–H groups in total. The number of fused-ring (bicyclic) bond motifs is 1. The molecule has 2 aromatic rings. The topological polar surface area (TPSA) is 68.5 Å². The maximum absolute atomic E-state index is 11.8. The normalized spacial score (nSPS) is 14.1. The Balaban J connectivity index is 1.56. The number of amides is 1. The lowest BCUT2D eigenvalue weighted by molar-refractivity contribution is -0.147. The first-order valence-electron chi connectivity index (χ1n) is 7.03. The van der Waals surface area contributed by atoms with Crippen LogP contribution in [0.15, 0.2) is 28.9 Å². The summed E-state index contributed by atoms with van der Waals surface area (Å²) >= 11 is 0. The Morgan fingerprint density at radius 2 is 2.19 bits per heavy atom. The van der Waals surface area contributed by atoms with E-state index in [1.165, 1.54) is 0 Å². The Kier molecular flexibility index (Phi) is 3.64. The van der Waals surface area contributed by atoms with Crippen LogP contribution in [0.4, 0.5) is 0 Å². The molecule has 5 heteroatoms. The number of nitrogens with one attached hydrogen (secondary N) is 1. The zero-order chi connectivity index (χ0) is 14.8. The van der Waals surface area contributed by atoms with Crippen molar-refractivity contribution in [2.45, 2.75) is 32.2 Å². The van der Waals surface area contributed by atoms with Crippen LogP contribution in [0.2, 0.25) is 0 Å². The number of furan rings is 1. The van der Waals surface area contributed by atoms with Crippen molar-refractivity contribution in [1.29, 1.82) is 0 Å². The zero-order valence-corrected chi connectivity index (χ0v) is 11.8. The maximum Gasteiger partial charge on any atom is 0.310 e. The van der Waals surface area contributed by atoms with Gasteiger partial charge in [0.15, 0.2) is 6.61 Å². The fourth-order valence-corrected chi connectivity index (χ4v) is 2.18. The van der Waals surface area contributed by atoms with E-state index >= 15 is 0 Å². The van der Waals surface area contributed by atoms with E-state index in [-0.39, 0.29) is 25.0 Å². The van der Waals surface area contributed by atoms with Crippen LogP contribution in [0, 0.1) is 6.92 Å². The smallest absolute Gasteiger partial charge is 0.310 e. The number of carbonyl (C=O) groups excluding carboxylic acids is 2. The van der Waals surface area contributed by atoms with E-state index in [0.29, 0.717) is 0 Å². The van der Waals surface area contributed by atoms with Gasteiger partial charge in [0.05, 0.1) is 12.7 Å². The predicted molar refractivity (Wildman–Crippen MR) is 76.8 cm³/mol. The van der Waals surface area contributed by atoms with Crippen LogP contribution in [-0.4, -0.2) is 24.5 Å². The summed E-state index contributed by atoms with van der Waals surface area (Å²) in [6.45, 7) is 1.76. The molecule has 21 heavy (non-hydrogen) atoms. The lowest BCUT2D eigenvalue weighted by atomic mass is 10.1. The molecule has 5 nitrogen and oxygen atoms in total. The van der Waals surface area contributed by atoms with Gasteiger partial charge in [-0.1, -0.05) is 12.1 Å². The van der Waals surface area contributed by atoms with Gasteiger partial charge in [-0.3, -0.25) is 9.59 Å². The number of rotatable bonds is 5. The highest BCUT2D eigenvalue weighted by Gasteiger charge is 2.23. The molecule has 1 heterocycles. The van der Waals surface area contributed by atoms with Gasteiger partial charge < -0.3 is 14.5 Å². The minimum Gasteiger partial charge on any atom is -0.464 e. The Labute approximate surface area is 122 Å². The fourth-order valence-electron chi connectivity index (χ4n) is 2.18. The standard InChI is InChI=1S/C16H17NO4/c1-10-2-5-13-11(8-20-14(13)6-10)7-16(19)21-9-15(18)17-12-3-4-12/h2,5-6,8,12H,3-4,7,9H2,1H3,(H,17,18). The number of ether oxygens (including phenoxy) is 1. The minimum absolute atomic E-state index is 0.104. The van der Waals surface area contributed by atoms with Crippen molar-refractivity contribution < 1.29 is 18.7 Å². The molecule has 1 aromatic heterocycles. The third-order valence-corrected chi connectivity index (χ3v) is 3.45. The van der Waals surface area contributed by atoms with Gasteiger partial charge in [0.25, 0.3) is 5.91 Å². The highest BCUT2D eigenvalue weighted by atomic mass is 16.5. The summed E-state index contributed by atoms with van der Waals surface area (Å²) in [4.78, 5) is 23.2. The van der Waals surface area contributed by atoms with Crippen molar-refractivity contribution in [2.24, 2.45) is 0 Å². The van der Waals surface area contributed by atoms with E-state index in [4.69, 9.17) is 9.15 Å². The average Bonchev–Trinajstić information content (AvgIpc) is 3.17. The number of esters is 1. The van der Waals surface area contributed by atoms with Gasteiger partial charge in [0.2, 0.25) is 0 Å². The van der Waals surface area contributed by atoms with E-state index in [1.807, 2.05) is 25.1 Å². The van der Waals surface area contributed by atoms with Crippen LogP contribution in [0.5, 0.6) is 0 Å². The molecule has 0 aliphatic heterocycles. The predicted octanol–water partition coefficient (Wildman–Crippen LogP) is 2.11. The van der Waals surface area contributed by atoms with E-state index in [9.17, 15) is 9.59 Å². The molecule has 1 amide bonds. The first-order chi connectivity index (χ1) is 10.1. The van der Waals surface area contributed by atoms with Gasteiger partial charge in [0.1, 0.15) is 5.58 Å². The van der Waals surface area contributed by atoms with Gasteiger partial charge in [-0.05, 0) is 31.4 Å². The molecule has 0 unspecified atom stereocenters. The molecule has 110 valence electrons. The molecule has 0 spiro atoms. The second kappa shape index (κ2) is 5.60. The second-order valence-electron chi connectivity index (χ2n) is 5.44. The number of carbonyl (C=O) groups is 2. The Morgan fingerprint density at radius 1 is 1.38 bits per heavy atom. The number of aryl methyl sites for hydroxylation is 1. The quantitative estimate of drug-likeness (QED) is 0.855. The van der Waals surface area contributed by atoms with Crippen LogP contribution in [-0.2, 0) is 20.7 Å². The summed E-state index contributed by atoms with van der Waals surface area (Å²) in [6.07, 6.45) is 3.70. The SMILES string of the molecule is Cc1ccc2c(CC(=O)OCC(=O)NC3CC3)coc2c1. The van der Waals surface area contributed by atoms with Crippen molar-refractivity contribution in [1.82, 2.24) is 5.32 Å². The molecule has 1 saturated carbocycles. The van der Waals surface area contributed by atoms with Crippen LogP contribution >= 0.6 is 0 Å². The summed E-state index contributed by atoms with van der Waals surface area (Å²) in [7, 11) is 0. The van der Waals surface area contributed by atoms with Crippen LogP contribution in [0.3, 0.4) is 0 Å². The van der Waals surface area contributed by atoms with E-state index in [2.05, 4.69) is 5.32 Å². The van der Waals surface area contributed by atoms with Crippen LogP contribution < -0.4 is 5.32 Å². The van der Waals surface area contributed by atoms with Crippen molar-refractivity contribution in [3.8, 4) is 0 Å². The summed E-state index contributed by atoms with van der Waals surface area (Å²) in [5.41, 5.74) is 2.63. The van der Waals surface area contributed by atoms with Crippen LogP contribution in [0.25, 0.3) is 11.0 Å². The fraction of sp³-hybridized carbons (Fsp3) is 0.375. The van der Waals surface area contributed by atoms with Crippen LogP contribution in [0.1, 0.15) is 24.0 Å². The molecule has 1 fully saturated rings. The number of benzene rings is 1. The monoisotopic (exact) mass is 287 g/mol. The van der Waals surface area contributed by atoms with E-state index < -0.39 is 5.97 Å². The molecule has 1 aliphatic carbocycles. The van der Waals surface area contributed by atoms with Crippen molar-refractivity contribution >= 4 is 22.8 Å². The van der Waals surface area contributed by atoms with Crippen molar-refractivity contribution in [3.63, 3.8) is 0 Å². The number of hydrogen-bond donors (Lipinski definition) is 1. The highest BCUT2D eigenvalue weighted by Crippen LogP contribution is 2.23.